The third-order valence-corrected chi connectivity index (χ3v) is 9.88. The molecule has 12 nitrogen and oxygen atoms in total. The van der Waals surface area contributed by atoms with Crippen LogP contribution in [0, 0.1) is 11.8 Å². The molecule has 3 amide bonds. The molecule has 6 N–H and O–H groups in total. The van der Waals surface area contributed by atoms with Gasteiger partial charge in [-0.3, -0.25) is 19.1 Å². The van der Waals surface area contributed by atoms with Gasteiger partial charge in [0, 0.05) is 23.7 Å². The number of thiophene rings is 1. The highest BCUT2D eigenvalue weighted by molar-refractivity contribution is 7.94. The van der Waals surface area contributed by atoms with E-state index in [0.717, 1.165) is 11.3 Å². The van der Waals surface area contributed by atoms with Gasteiger partial charge in [0.2, 0.25) is 11.8 Å². The van der Waals surface area contributed by atoms with Crippen LogP contribution in [0.2, 0.25) is 0 Å². The fraction of sp³-hybridized carbons (Fsp3) is 0.375. The molecule has 0 aliphatic heterocycles. The van der Waals surface area contributed by atoms with E-state index in [0.29, 0.717) is 12.0 Å². The maximum Gasteiger partial charge on any atom is 0.335 e. The molecule has 0 radical (unpaired) electrons. The Morgan fingerprint density at radius 2 is 1.54 bits per heavy atom. The molecule has 0 spiro atoms. The van der Waals surface area contributed by atoms with Gasteiger partial charge in [-0.25, -0.2) is 13.2 Å². The summed E-state index contributed by atoms with van der Waals surface area (Å²) in [5.74, 6) is -3.05. The van der Waals surface area contributed by atoms with Gasteiger partial charge in [0.05, 0.1) is 17.7 Å². The number of carbonyl (C=O) groups excluding carboxylic acids is 3. The van der Waals surface area contributed by atoms with Crippen LogP contribution in [0.4, 0.5) is 5.69 Å². The molecular formula is C32H40N4O8S2. The van der Waals surface area contributed by atoms with Crippen molar-refractivity contribution in [1.29, 1.82) is 0 Å². The predicted octanol–water partition coefficient (Wildman–Crippen LogP) is 3.60. The average molecular weight is 673 g/mol. The van der Waals surface area contributed by atoms with Gasteiger partial charge >= 0.3 is 5.97 Å². The normalized spacial score (nSPS) is 14.0. The summed E-state index contributed by atoms with van der Waals surface area (Å²) in [6.45, 7) is 7.16. The predicted molar refractivity (Wildman–Crippen MR) is 175 cm³/mol. The summed E-state index contributed by atoms with van der Waals surface area (Å²) in [6.07, 6.45) is -0.669. The lowest BCUT2D eigenvalue weighted by Gasteiger charge is -2.28. The lowest BCUT2D eigenvalue weighted by atomic mass is 9.92. The number of hydrogen-bond acceptors (Lipinski definition) is 8. The maximum absolute atomic E-state index is 13.2. The zero-order valence-corrected chi connectivity index (χ0v) is 27.7. The first-order valence-corrected chi connectivity index (χ1v) is 17.1. The first kappa shape index (κ1) is 36.2. The molecule has 3 rings (SSSR count). The van der Waals surface area contributed by atoms with Gasteiger partial charge in [-0.05, 0) is 73.0 Å². The van der Waals surface area contributed by atoms with E-state index in [-0.39, 0.29) is 39.9 Å². The second-order valence-electron chi connectivity index (χ2n) is 11.5. The van der Waals surface area contributed by atoms with Gasteiger partial charge in [0.15, 0.2) is 0 Å². The van der Waals surface area contributed by atoms with Crippen LogP contribution in [0.5, 0.6) is 0 Å². The Morgan fingerprint density at radius 3 is 2.15 bits per heavy atom. The largest absolute Gasteiger partial charge is 0.478 e. The summed E-state index contributed by atoms with van der Waals surface area (Å²) >= 11 is 1.07. The Morgan fingerprint density at radius 1 is 0.848 bits per heavy atom. The van der Waals surface area contributed by atoms with Crippen LogP contribution in [0.25, 0.3) is 0 Å². The third-order valence-electron chi connectivity index (χ3n) is 7.11. The number of aliphatic hydroxyl groups excluding tert-OH is 1. The number of carbonyl (C=O) groups is 4. The standard InChI is InChI=1S/C32H40N4O8S2/c1-19(2)15-26(35-31(40)24-7-5-8-25(17-24)36-46(43,44)28-9-6-14-45-28)27(37)16-20(3)29(38)34-21(4)30(39)33-18-22-10-12-23(13-11-22)32(41)42/h5-14,17,19-21,26-27,36-37H,15-16,18H2,1-4H3,(H,33,39)(H,34,38)(H,35,40)(H,41,42)/t20-,21+,26+,27+/m1/s1. The van der Waals surface area contributed by atoms with E-state index in [9.17, 15) is 32.7 Å². The van der Waals surface area contributed by atoms with Crippen LogP contribution >= 0.6 is 11.3 Å². The zero-order valence-electron chi connectivity index (χ0n) is 26.0. The minimum atomic E-state index is -3.80. The second-order valence-corrected chi connectivity index (χ2v) is 14.3. The number of rotatable bonds is 16. The zero-order chi connectivity index (χ0) is 34.0. The molecule has 248 valence electrons. The van der Waals surface area contributed by atoms with Crippen molar-refractivity contribution in [1.82, 2.24) is 16.0 Å². The minimum Gasteiger partial charge on any atom is -0.478 e. The highest BCUT2D eigenvalue weighted by Crippen LogP contribution is 2.22. The highest BCUT2D eigenvalue weighted by Gasteiger charge is 2.28. The van der Waals surface area contributed by atoms with E-state index in [4.69, 9.17) is 5.11 Å². The molecule has 0 saturated heterocycles. The summed E-state index contributed by atoms with van der Waals surface area (Å²) in [6, 6.07) is 13.6. The molecule has 14 heteroatoms. The van der Waals surface area contributed by atoms with Crippen LogP contribution in [-0.2, 0) is 26.2 Å². The Balaban J connectivity index is 1.56. The summed E-state index contributed by atoms with van der Waals surface area (Å²) in [5, 5.41) is 29.9. The maximum atomic E-state index is 13.2. The average Bonchev–Trinajstić information content (AvgIpc) is 3.56. The van der Waals surface area contributed by atoms with Crippen molar-refractivity contribution in [2.75, 3.05) is 4.72 Å². The van der Waals surface area contributed by atoms with Crippen molar-refractivity contribution < 1.29 is 37.8 Å². The summed E-state index contributed by atoms with van der Waals surface area (Å²) in [7, 11) is -3.80. The molecular weight excluding hydrogens is 633 g/mol. The van der Waals surface area contributed by atoms with E-state index in [1.165, 1.54) is 43.3 Å². The van der Waals surface area contributed by atoms with Crippen molar-refractivity contribution in [2.45, 2.75) is 69.5 Å². The number of amides is 3. The number of hydrogen-bond donors (Lipinski definition) is 6. The van der Waals surface area contributed by atoms with Gasteiger partial charge in [-0.1, -0.05) is 45.0 Å². The lowest BCUT2D eigenvalue weighted by Crippen LogP contribution is -2.48. The molecule has 4 atom stereocenters. The van der Waals surface area contributed by atoms with Crippen LogP contribution in [0.15, 0.2) is 70.3 Å². The number of anilines is 1. The lowest BCUT2D eigenvalue weighted by molar-refractivity contribution is -0.131. The second kappa shape index (κ2) is 16.3. The number of benzene rings is 2. The Bertz CT molecular complexity index is 1610. The summed E-state index contributed by atoms with van der Waals surface area (Å²) in [5.41, 5.74) is 1.22. The minimum absolute atomic E-state index is 0.00835. The van der Waals surface area contributed by atoms with Crippen LogP contribution in [-0.4, -0.2) is 60.5 Å². The number of aromatic carboxylic acids is 1. The quantitative estimate of drug-likeness (QED) is 0.133. The first-order valence-electron chi connectivity index (χ1n) is 14.7. The molecule has 2 aromatic carbocycles. The Hall–Kier alpha value is -4.27. The number of carboxylic acid groups (broad SMARTS) is 1. The molecule has 3 aromatic rings. The van der Waals surface area contributed by atoms with E-state index >= 15 is 0 Å². The number of nitrogens with one attached hydrogen (secondary N) is 4. The Kier molecular flexibility index (Phi) is 12.9. The van der Waals surface area contributed by atoms with Crippen molar-refractivity contribution in [2.24, 2.45) is 11.8 Å². The van der Waals surface area contributed by atoms with Gasteiger partial charge in [-0.2, -0.15) is 0 Å². The van der Waals surface area contributed by atoms with E-state index in [1.54, 1.807) is 36.6 Å². The van der Waals surface area contributed by atoms with Crippen molar-refractivity contribution >= 4 is 50.7 Å². The van der Waals surface area contributed by atoms with E-state index in [1.807, 2.05) is 13.8 Å². The molecule has 1 heterocycles. The van der Waals surface area contributed by atoms with Crippen LogP contribution in [0.3, 0.4) is 0 Å². The fourth-order valence-corrected chi connectivity index (χ4v) is 6.62. The number of aliphatic hydroxyl groups is 1. The molecule has 0 aliphatic carbocycles. The topological polar surface area (TPSA) is 191 Å². The summed E-state index contributed by atoms with van der Waals surface area (Å²) in [4.78, 5) is 49.6. The molecule has 46 heavy (non-hydrogen) atoms. The van der Waals surface area contributed by atoms with Crippen molar-refractivity contribution in [3.05, 3.63) is 82.7 Å². The molecule has 0 unspecified atom stereocenters. The number of sulfonamides is 1. The van der Waals surface area contributed by atoms with Crippen molar-refractivity contribution in [3.8, 4) is 0 Å². The number of carboxylic acids is 1. The fourth-order valence-electron chi connectivity index (χ4n) is 4.58. The monoisotopic (exact) mass is 672 g/mol. The van der Waals surface area contributed by atoms with Crippen LogP contribution in [0.1, 0.15) is 66.8 Å². The van der Waals surface area contributed by atoms with Gasteiger partial charge in [-0.15, -0.1) is 11.3 Å². The molecule has 0 saturated carbocycles. The Labute approximate surface area is 272 Å². The van der Waals surface area contributed by atoms with E-state index in [2.05, 4.69) is 20.7 Å². The summed E-state index contributed by atoms with van der Waals surface area (Å²) < 4.78 is 27.8. The van der Waals surface area contributed by atoms with Gasteiger partial charge in [0.25, 0.3) is 15.9 Å². The van der Waals surface area contributed by atoms with Crippen LogP contribution < -0.4 is 20.7 Å². The molecule has 0 aliphatic rings. The molecule has 1 aromatic heterocycles. The smallest absolute Gasteiger partial charge is 0.335 e. The SMILES string of the molecule is CC(C)C[C@H](NC(=O)c1cccc(NS(=O)(=O)c2cccs2)c1)[C@@H](O)C[C@@H](C)C(=O)N[C@@H](C)C(=O)NCc1ccc(C(=O)O)cc1. The third kappa shape index (κ3) is 10.7. The first-order chi connectivity index (χ1) is 21.7. The van der Waals surface area contributed by atoms with Crippen molar-refractivity contribution in [3.63, 3.8) is 0 Å². The van der Waals surface area contributed by atoms with Gasteiger partial charge in [0.1, 0.15) is 10.3 Å². The highest BCUT2D eigenvalue weighted by atomic mass is 32.2. The molecule has 0 fully saturated rings. The molecule has 0 bridgehead atoms. The van der Waals surface area contributed by atoms with Gasteiger partial charge < -0.3 is 26.2 Å². The van der Waals surface area contributed by atoms with E-state index < -0.39 is 57.8 Å².